The molecular formula is C21H25FN2O4. The second kappa shape index (κ2) is 8.82. The average Bonchev–Trinajstić information content (AvgIpc) is 2.89. The number of hydrogen-bond acceptors (Lipinski definition) is 4. The first kappa shape index (κ1) is 21.3. The summed E-state index contributed by atoms with van der Waals surface area (Å²) in [7, 11) is 2.98. The molecule has 28 heavy (non-hydrogen) atoms. The second-order valence-corrected chi connectivity index (χ2v) is 6.64. The number of halogens is 1. The lowest BCUT2D eigenvalue weighted by Crippen LogP contribution is -2.36. The number of methoxy groups -OCH3 is 1. The fourth-order valence-electron chi connectivity index (χ4n) is 3.32. The molecule has 0 aliphatic rings. The summed E-state index contributed by atoms with van der Waals surface area (Å²) in [6.07, 6.45) is 0.667. The molecule has 1 amide bonds. The fourth-order valence-corrected chi connectivity index (χ4v) is 3.32. The molecule has 7 heteroatoms. The molecule has 6 nitrogen and oxygen atoms in total. The van der Waals surface area contributed by atoms with E-state index in [1.165, 1.54) is 36.3 Å². The van der Waals surface area contributed by atoms with Crippen LogP contribution in [0.25, 0.3) is 0 Å². The van der Waals surface area contributed by atoms with Crippen molar-refractivity contribution >= 4 is 17.7 Å². The third kappa shape index (κ3) is 4.13. The van der Waals surface area contributed by atoms with E-state index in [-0.39, 0.29) is 18.2 Å². The summed E-state index contributed by atoms with van der Waals surface area (Å²) in [6.45, 7) is 5.61. The SMILES string of the molecule is CCCN(CC(=O)c1c(C)c(C(=O)OC)n(C)c1C)C(=O)c1ccc(F)cc1. The third-order valence-corrected chi connectivity index (χ3v) is 4.79. The molecule has 0 aliphatic carbocycles. The molecule has 0 saturated heterocycles. The Morgan fingerprint density at radius 3 is 2.29 bits per heavy atom. The van der Waals surface area contributed by atoms with E-state index in [9.17, 15) is 18.8 Å². The average molecular weight is 388 g/mol. The van der Waals surface area contributed by atoms with Crippen LogP contribution in [0, 0.1) is 19.7 Å². The Labute approximate surface area is 163 Å². The zero-order chi connectivity index (χ0) is 21.0. The van der Waals surface area contributed by atoms with Gasteiger partial charge in [0.2, 0.25) is 0 Å². The van der Waals surface area contributed by atoms with Gasteiger partial charge >= 0.3 is 5.97 Å². The zero-order valence-electron chi connectivity index (χ0n) is 16.8. The Balaban J connectivity index is 2.34. The van der Waals surface area contributed by atoms with Crippen LogP contribution in [0.5, 0.6) is 0 Å². The van der Waals surface area contributed by atoms with Crippen LogP contribution >= 0.6 is 0 Å². The molecule has 2 rings (SSSR count). The van der Waals surface area contributed by atoms with Gasteiger partial charge in [-0.05, 0) is 50.1 Å². The Morgan fingerprint density at radius 2 is 1.75 bits per heavy atom. The molecule has 0 radical (unpaired) electrons. The number of esters is 1. The smallest absolute Gasteiger partial charge is 0.354 e. The second-order valence-electron chi connectivity index (χ2n) is 6.64. The number of ketones is 1. The maximum absolute atomic E-state index is 13.1. The van der Waals surface area contributed by atoms with Crippen LogP contribution in [0.3, 0.4) is 0 Å². The van der Waals surface area contributed by atoms with Gasteiger partial charge in [0.1, 0.15) is 11.5 Å². The molecule has 0 N–H and O–H groups in total. The first-order valence-corrected chi connectivity index (χ1v) is 9.05. The molecule has 1 aromatic carbocycles. The highest BCUT2D eigenvalue weighted by Gasteiger charge is 2.27. The molecule has 0 unspecified atom stereocenters. The highest BCUT2D eigenvalue weighted by Crippen LogP contribution is 2.23. The minimum atomic E-state index is -0.519. The van der Waals surface area contributed by atoms with Crippen LogP contribution in [0.15, 0.2) is 24.3 Å². The lowest BCUT2D eigenvalue weighted by molar-refractivity contribution is 0.0588. The number of hydrogen-bond donors (Lipinski definition) is 0. The van der Waals surface area contributed by atoms with E-state index >= 15 is 0 Å². The van der Waals surface area contributed by atoms with Crippen molar-refractivity contribution in [3.05, 3.63) is 58.2 Å². The van der Waals surface area contributed by atoms with E-state index in [0.29, 0.717) is 41.0 Å². The van der Waals surface area contributed by atoms with Crippen molar-refractivity contribution in [2.75, 3.05) is 20.2 Å². The molecule has 150 valence electrons. The predicted octanol–water partition coefficient (Wildman–Crippen LogP) is 3.30. The van der Waals surface area contributed by atoms with Gasteiger partial charge in [-0.1, -0.05) is 6.92 Å². The van der Waals surface area contributed by atoms with Crippen LogP contribution in [-0.2, 0) is 11.8 Å². The maximum Gasteiger partial charge on any atom is 0.354 e. The molecule has 0 saturated carbocycles. The summed E-state index contributed by atoms with van der Waals surface area (Å²) in [5, 5.41) is 0. The van der Waals surface area contributed by atoms with E-state index in [2.05, 4.69) is 0 Å². The largest absolute Gasteiger partial charge is 0.464 e. The Hall–Kier alpha value is -2.96. The lowest BCUT2D eigenvalue weighted by atomic mass is 10.0. The number of rotatable bonds is 7. The summed E-state index contributed by atoms with van der Waals surface area (Å²) >= 11 is 0. The topological polar surface area (TPSA) is 68.6 Å². The molecular weight excluding hydrogens is 363 g/mol. The van der Waals surface area contributed by atoms with Gasteiger partial charge in [-0.2, -0.15) is 0 Å². The highest BCUT2D eigenvalue weighted by molar-refractivity contribution is 6.06. The molecule has 1 aromatic heterocycles. The Morgan fingerprint density at radius 1 is 1.14 bits per heavy atom. The standard InChI is InChI=1S/C21H25FN2O4/c1-6-11-24(20(26)15-7-9-16(22)10-8-15)12-17(25)18-13(2)19(21(27)28-5)23(4)14(18)3/h7-10H,6,11-12H2,1-5H3. The van der Waals surface area contributed by atoms with E-state index in [1.54, 1.807) is 25.5 Å². The number of carbonyl (C=O) groups excluding carboxylic acids is 3. The molecule has 2 aromatic rings. The third-order valence-electron chi connectivity index (χ3n) is 4.79. The molecule has 0 aliphatic heterocycles. The normalized spacial score (nSPS) is 10.6. The van der Waals surface area contributed by atoms with Gasteiger partial charge in [-0.15, -0.1) is 0 Å². The lowest BCUT2D eigenvalue weighted by Gasteiger charge is -2.21. The number of nitrogens with zero attached hydrogens (tertiary/aromatic N) is 2. The highest BCUT2D eigenvalue weighted by atomic mass is 19.1. The molecule has 0 spiro atoms. The first-order valence-electron chi connectivity index (χ1n) is 9.05. The minimum Gasteiger partial charge on any atom is -0.464 e. The predicted molar refractivity (Wildman–Crippen MR) is 103 cm³/mol. The van der Waals surface area contributed by atoms with Gasteiger partial charge in [0.15, 0.2) is 5.78 Å². The number of aromatic nitrogens is 1. The van der Waals surface area contributed by atoms with Crippen molar-refractivity contribution in [2.45, 2.75) is 27.2 Å². The monoisotopic (exact) mass is 388 g/mol. The van der Waals surface area contributed by atoms with Gasteiger partial charge in [0, 0.05) is 30.4 Å². The van der Waals surface area contributed by atoms with Gasteiger partial charge in [-0.25, -0.2) is 9.18 Å². The van der Waals surface area contributed by atoms with Crippen LogP contribution in [0.1, 0.15) is 55.8 Å². The Kier molecular flexibility index (Phi) is 6.72. The van der Waals surface area contributed by atoms with Crippen molar-refractivity contribution < 1.29 is 23.5 Å². The quantitative estimate of drug-likeness (QED) is 0.539. The number of carbonyl (C=O) groups is 3. The summed E-state index contributed by atoms with van der Waals surface area (Å²) in [5.41, 5.74) is 2.21. The number of benzene rings is 1. The fraction of sp³-hybridized carbons (Fsp3) is 0.381. The van der Waals surface area contributed by atoms with Gasteiger partial charge in [-0.3, -0.25) is 9.59 Å². The maximum atomic E-state index is 13.1. The van der Waals surface area contributed by atoms with E-state index in [1.807, 2.05) is 6.92 Å². The minimum absolute atomic E-state index is 0.129. The van der Waals surface area contributed by atoms with E-state index in [0.717, 1.165) is 0 Å². The molecule has 0 fully saturated rings. The summed E-state index contributed by atoms with van der Waals surface area (Å²) in [5.74, 6) is -1.55. The number of amides is 1. The van der Waals surface area contributed by atoms with Crippen LogP contribution in [0.4, 0.5) is 4.39 Å². The van der Waals surface area contributed by atoms with Crippen LogP contribution in [-0.4, -0.2) is 47.3 Å². The summed E-state index contributed by atoms with van der Waals surface area (Å²) < 4.78 is 19.6. The van der Waals surface area contributed by atoms with Gasteiger partial charge in [0.25, 0.3) is 5.91 Å². The summed E-state index contributed by atoms with van der Waals surface area (Å²) in [6, 6.07) is 5.24. The van der Waals surface area contributed by atoms with E-state index < -0.39 is 11.8 Å². The van der Waals surface area contributed by atoms with Crippen LogP contribution < -0.4 is 0 Å². The van der Waals surface area contributed by atoms with Crippen molar-refractivity contribution in [1.82, 2.24) is 9.47 Å². The number of Topliss-reactive ketones (excluding diaryl/α,β-unsaturated/α-hetero) is 1. The molecule has 1 heterocycles. The molecule has 0 atom stereocenters. The Bertz CT molecular complexity index is 900. The van der Waals surface area contributed by atoms with Crippen molar-refractivity contribution in [3.8, 4) is 0 Å². The number of ether oxygens (including phenoxy) is 1. The van der Waals surface area contributed by atoms with Crippen molar-refractivity contribution in [3.63, 3.8) is 0 Å². The zero-order valence-corrected chi connectivity index (χ0v) is 16.8. The van der Waals surface area contributed by atoms with Gasteiger partial charge < -0.3 is 14.2 Å². The van der Waals surface area contributed by atoms with Crippen LogP contribution in [0.2, 0.25) is 0 Å². The summed E-state index contributed by atoms with van der Waals surface area (Å²) in [4.78, 5) is 39.3. The van der Waals surface area contributed by atoms with Crippen molar-refractivity contribution in [1.29, 1.82) is 0 Å². The first-order chi connectivity index (χ1) is 13.2. The van der Waals surface area contributed by atoms with Gasteiger partial charge in [0.05, 0.1) is 13.7 Å². The molecule has 0 bridgehead atoms. The van der Waals surface area contributed by atoms with E-state index in [4.69, 9.17) is 4.74 Å². The van der Waals surface area contributed by atoms with Crippen molar-refractivity contribution in [2.24, 2.45) is 7.05 Å².